The number of nitrogens with zero attached hydrogens (tertiary/aromatic N) is 11. The molecule has 578 valence electrons. The van der Waals surface area contributed by atoms with E-state index in [1.165, 1.54) is 12.4 Å². The highest BCUT2D eigenvalue weighted by molar-refractivity contribution is 5.97. The van der Waals surface area contributed by atoms with Crippen LogP contribution in [-0.2, 0) is 46.4 Å². The molecule has 6 rings (SSSR count). The van der Waals surface area contributed by atoms with Gasteiger partial charge < -0.3 is 122 Å². The lowest BCUT2D eigenvalue weighted by atomic mass is 10.0. The molecule has 2 aromatic heterocycles. The fourth-order valence-electron chi connectivity index (χ4n) is 10.4. The number of hydrogen-bond acceptors (Lipinski definition) is 23. The number of nitrogens with one attached hydrogen (secondary N) is 2. The van der Waals surface area contributed by atoms with Gasteiger partial charge in [0, 0.05) is 53.5 Å². The summed E-state index contributed by atoms with van der Waals surface area (Å²) in [4.78, 5) is 114. The summed E-state index contributed by atoms with van der Waals surface area (Å²) in [6, 6.07) is -2.45. The summed E-state index contributed by atoms with van der Waals surface area (Å²) in [6.45, 7) is -0.0745. The smallest absolute Gasteiger partial charge is 0.328 e. The van der Waals surface area contributed by atoms with Gasteiger partial charge in [0.25, 0.3) is 0 Å². The van der Waals surface area contributed by atoms with Crippen molar-refractivity contribution in [3.8, 4) is 5.75 Å². The molecule has 24 N–H and O–H groups in total. The maximum atomic E-state index is 12.4. The van der Waals surface area contributed by atoms with Crippen LogP contribution in [0.2, 0.25) is 0 Å². The van der Waals surface area contributed by atoms with Crippen LogP contribution in [0.25, 0.3) is 21.8 Å². The highest BCUT2D eigenvalue weighted by Crippen LogP contribution is 2.29. The number of aromatic nitrogens is 2. The molecule has 0 amide bonds. The molecule has 41 nitrogen and oxygen atoms in total. The number of ether oxygens (including phenoxy) is 1. The summed E-state index contributed by atoms with van der Waals surface area (Å²) >= 11 is 0. The maximum Gasteiger partial charge on any atom is 0.328 e. The Bertz CT molecular complexity index is 4280. The number of phenols is 1. The lowest BCUT2D eigenvalue weighted by molar-refractivity contribution is -0.139. The molecular formula is C66H82N14O27. The average molecular weight is 1500 g/mol. The highest BCUT2D eigenvalue weighted by Gasteiger charge is 2.43. The van der Waals surface area contributed by atoms with Crippen LogP contribution in [0.15, 0.2) is 140 Å². The topological polar surface area (TPSA) is 705 Å². The number of nitrogens with two attached hydrogens (primary N) is 1. The van der Waals surface area contributed by atoms with Crippen molar-refractivity contribution in [1.82, 2.24) is 9.97 Å². The minimum absolute atomic E-state index is 0.259. The van der Waals surface area contributed by atoms with Crippen LogP contribution in [0.1, 0.15) is 81.5 Å². The molecule has 14 atom stereocenters. The standard InChI is InChI=1S/C66H82N14O27/c1-3-8-46-55(107-46)65(103)77-44(27-81)61(99)79-52(29(2)82)62(100)74-39(19-31-24-68-36-11-6-4-9-34(31)36)58(96)72-41(22-50(90)91)59(97)73-42(23-51(92)93)60(98)80-53(30-13-15-33(83)16-14-30)63(101)75-40(21-49(88)89)56(94)70-26-47(85)78-54(45(84)28-106-67)64(102)71-38(17-18-48(86)87)57(95)76-43(66(104)105)20-32-25-69-37-12-7-5-10-35(32)37/h4-7,9-16,24-25,29,38-46,52-55,68-69,81-84H,3,8,17-23,26-28,67H2,1-2H3,(H,70,94)(H,71,102)(H,72,96)(H,73,97)(H,74,100)(H,75,101)(H,76,95)(H,77,103)(H,78,85)(H,79,99)(H,80,98)(H,86,87)(H,88,89)(H,90,91)(H,92,93)(H,104,105)/t29-,38+,39+,40+,41+,42+,43+,44+,45?,46?,52+,53-,54-,55?/m1/s1. The van der Waals surface area contributed by atoms with E-state index >= 15 is 0 Å². The molecule has 0 bridgehead atoms. The summed E-state index contributed by atoms with van der Waals surface area (Å²) in [5.74, 6) is -16.6. The average Bonchev–Trinajstić information content (AvgIpc) is 1.75. The fraction of sp³-hybridized carbons (Fsp3) is 0.424. The second-order valence-electron chi connectivity index (χ2n) is 24.0. The number of carboxylic acids is 5. The Kier molecular flexibility index (Phi) is 31.0. The summed E-state index contributed by atoms with van der Waals surface area (Å²) in [7, 11) is 0. The summed E-state index contributed by atoms with van der Waals surface area (Å²) in [6.07, 6.45) is -6.82. The van der Waals surface area contributed by atoms with Crippen molar-refractivity contribution >= 4 is 117 Å². The SMILES string of the molecule is CCCC1OC1C(O)=N[C@@H](CO)C(O)=N[C@H](C(O)=N[C@@H](Cc1c[nH]c2ccccc12)C(O)=N[C@@H](CC(=O)O)C(O)=N[C@@H](CC(=O)O)C(O)=N[C@@H](C(O)=N[C@@H](CC(=O)O)C(O)=NCC(O)=N[C@@H](C(O)=N[C@@H](CCC(=O)O)C(O)=N[C@@H](Cc1c[nH]c2ccccc12)C(=O)O)C(O)CON)c1ccc(O)cc1)[C@@H](C)O. The first-order valence-electron chi connectivity index (χ1n) is 32.5. The van der Waals surface area contributed by atoms with Gasteiger partial charge >= 0.3 is 29.8 Å². The lowest BCUT2D eigenvalue weighted by Gasteiger charge is -2.20. The molecule has 0 aliphatic carbocycles. The molecule has 1 saturated heterocycles. The number of aromatic amines is 2. The van der Waals surface area contributed by atoms with E-state index in [0.29, 0.717) is 45.8 Å². The number of para-hydroxylation sites is 2. The number of aliphatic imine (C=N–C) groups is 11. The lowest BCUT2D eigenvalue weighted by Crippen LogP contribution is -2.39. The number of benzene rings is 3. The summed E-state index contributed by atoms with van der Waals surface area (Å²) in [5, 5.41) is 217. The zero-order chi connectivity index (χ0) is 78.9. The van der Waals surface area contributed by atoms with Crippen molar-refractivity contribution in [2.75, 3.05) is 19.8 Å². The molecule has 0 saturated carbocycles. The van der Waals surface area contributed by atoms with Crippen molar-refractivity contribution in [1.29, 1.82) is 0 Å². The number of carbonyl (C=O) groups is 5. The Balaban J connectivity index is 1.35. The second kappa shape index (κ2) is 39.6. The molecule has 3 unspecified atom stereocenters. The van der Waals surface area contributed by atoms with Gasteiger partial charge in [0.1, 0.15) is 48.6 Å². The third kappa shape index (κ3) is 25.0. The number of hydrogen-bond donors (Lipinski definition) is 23. The first-order chi connectivity index (χ1) is 50.7. The number of carboxylic acid groups (broad SMARTS) is 5. The van der Waals surface area contributed by atoms with Crippen LogP contribution in [0.3, 0.4) is 0 Å². The zero-order valence-electron chi connectivity index (χ0n) is 56.9. The van der Waals surface area contributed by atoms with Gasteiger partial charge in [-0.3, -0.25) is 19.2 Å². The Labute approximate surface area is 604 Å². The van der Waals surface area contributed by atoms with E-state index in [1.54, 1.807) is 48.5 Å². The number of epoxide rings is 1. The van der Waals surface area contributed by atoms with E-state index in [9.17, 15) is 126 Å². The van der Waals surface area contributed by atoms with Crippen molar-refractivity contribution in [2.24, 2.45) is 60.8 Å². The van der Waals surface area contributed by atoms with E-state index in [0.717, 1.165) is 31.2 Å². The molecule has 41 heteroatoms. The van der Waals surface area contributed by atoms with E-state index in [2.05, 4.69) is 69.7 Å². The van der Waals surface area contributed by atoms with Gasteiger partial charge in [-0.15, -0.1) is 0 Å². The fourth-order valence-corrected chi connectivity index (χ4v) is 10.4. The molecule has 1 aliphatic heterocycles. The van der Waals surface area contributed by atoms with Gasteiger partial charge in [-0.05, 0) is 60.7 Å². The summed E-state index contributed by atoms with van der Waals surface area (Å²) < 4.78 is 5.37. The van der Waals surface area contributed by atoms with E-state index in [1.807, 2.05) is 6.92 Å². The van der Waals surface area contributed by atoms with E-state index in [4.69, 9.17) is 10.6 Å². The number of aliphatic carboxylic acids is 5. The van der Waals surface area contributed by atoms with Gasteiger partial charge in [-0.25, -0.2) is 65.6 Å². The van der Waals surface area contributed by atoms with Crippen LogP contribution in [-0.4, -0.2) is 305 Å². The Hall–Kier alpha value is -12.2. The molecule has 1 fully saturated rings. The van der Waals surface area contributed by atoms with Crippen LogP contribution in [0.5, 0.6) is 5.75 Å². The van der Waals surface area contributed by atoms with Gasteiger partial charge in [0.15, 0.2) is 36.3 Å². The molecule has 3 heterocycles. The van der Waals surface area contributed by atoms with Crippen molar-refractivity contribution in [3.63, 3.8) is 0 Å². The van der Waals surface area contributed by atoms with E-state index in [-0.39, 0.29) is 18.1 Å². The third-order valence-electron chi connectivity index (χ3n) is 15.9. The Morgan fingerprint density at radius 3 is 1.50 bits per heavy atom. The van der Waals surface area contributed by atoms with Gasteiger partial charge in [-0.1, -0.05) is 61.9 Å². The predicted octanol–water partition coefficient (Wildman–Crippen LogP) is 3.29. The minimum Gasteiger partial charge on any atom is -0.508 e. The number of aliphatic hydroxyl groups excluding tert-OH is 14. The third-order valence-corrected chi connectivity index (χ3v) is 15.9. The molecule has 1 aliphatic rings. The first-order valence-corrected chi connectivity index (χ1v) is 32.5. The summed E-state index contributed by atoms with van der Waals surface area (Å²) in [5.41, 5.74) is 1.76. The molecule has 0 spiro atoms. The first kappa shape index (κ1) is 83.8. The largest absolute Gasteiger partial charge is 0.508 e. The van der Waals surface area contributed by atoms with Gasteiger partial charge in [-0.2, -0.15) is 0 Å². The highest BCUT2D eigenvalue weighted by atomic mass is 16.6. The van der Waals surface area contributed by atoms with Crippen LogP contribution in [0.4, 0.5) is 0 Å². The molecule has 3 aromatic carbocycles. The minimum atomic E-state index is -2.31. The monoisotopic (exact) mass is 1500 g/mol. The van der Waals surface area contributed by atoms with Crippen LogP contribution < -0.4 is 5.90 Å². The second-order valence-corrected chi connectivity index (χ2v) is 24.0. The van der Waals surface area contributed by atoms with E-state index < -0.39 is 237 Å². The molecule has 5 aromatic rings. The number of H-pyrrole nitrogens is 2. The quantitative estimate of drug-likeness (QED) is 0.0115. The molecular weight excluding hydrogens is 1420 g/mol. The number of aliphatic hydroxyl groups is 14. The molecule has 107 heavy (non-hydrogen) atoms. The number of rotatable bonds is 44. The molecule has 0 radical (unpaired) electrons. The van der Waals surface area contributed by atoms with Gasteiger partial charge in [0.05, 0.1) is 44.7 Å². The normalized spacial score (nSPS) is 19.1. The van der Waals surface area contributed by atoms with Crippen LogP contribution in [0, 0.1) is 0 Å². The predicted molar refractivity (Wildman–Crippen MR) is 384 cm³/mol. The zero-order valence-corrected chi connectivity index (χ0v) is 56.9. The Morgan fingerprint density at radius 2 is 0.991 bits per heavy atom. The van der Waals surface area contributed by atoms with Crippen LogP contribution >= 0.6 is 0 Å². The maximum absolute atomic E-state index is 12.4. The number of phenolic OH excluding ortho intramolecular Hbond substituents is 1. The number of aromatic hydroxyl groups is 1. The van der Waals surface area contributed by atoms with Crippen molar-refractivity contribution in [3.05, 3.63) is 102 Å². The van der Waals surface area contributed by atoms with Crippen molar-refractivity contribution < 1.29 is 136 Å². The Morgan fingerprint density at radius 1 is 0.523 bits per heavy atom. The number of fused-ring (bicyclic) bond motifs is 2. The van der Waals surface area contributed by atoms with Gasteiger partial charge in [0.2, 0.25) is 64.9 Å². The van der Waals surface area contributed by atoms with Crippen molar-refractivity contribution in [2.45, 2.75) is 156 Å².